The number of aliphatic hydroxyl groups excluding tert-OH is 2. The molecular formula is C51H81NO5. The molecule has 1 amide bonds. The first-order valence-electron chi connectivity index (χ1n) is 22.4. The van der Waals surface area contributed by atoms with E-state index < -0.39 is 18.2 Å². The zero-order valence-electron chi connectivity index (χ0n) is 36.2. The third kappa shape index (κ3) is 38.9. The molecule has 0 aliphatic rings. The van der Waals surface area contributed by atoms with E-state index in [1.165, 1.54) is 44.9 Å². The Labute approximate surface area is 349 Å². The maximum absolute atomic E-state index is 13.1. The first-order valence-corrected chi connectivity index (χ1v) is 22.4. The Kier molecular flexibility index (Phi) is 40.5. The van der Waals surface area contributed by atoms with Crippen LogP contribution in [0.1, 0.15) is 162 Å². The molecule has 0 fully saturated rings. The van der Waals surface area contributed by atoms with Crippen molar-refractivity contribution in [3.05, 3.63) is 122 Å². The van der Waals surface area contributed by atoms with Crippen molar-refractivity contribution in [2.45, 2.75) is 180 Å². The summed E-state index contributed by atoms with van der Waals surface area (Å²) in [5.41, 5.74) is 0. The minimum absolute atomic E-state index is 0.00160. The number of nitrogens with one attached hydrogen (secondary N) is 1. The fourth-order valence-corrected chi connectivity index (χ4v) is 5.95. The molecule has 6 nitrogen and oxygen atoms in total. The summed E-state index contributed by atoms with van der Waals surface area (Å²) in [5.74, 6) is -0.614. The van der Waals surface area contributed by atoms with Gasteiger partial charge in [-0.25, -0.2) is 0 Å². The van der Waals surface area contributed by atoms with Gasteiger partial charge in [-0.2, -0.15) is 0 Å². The monoisotopic (exact) mass is 788 g/mol. The number of carbonyl (C=O) groups is 2. The highest BCUT2D eigenvalue weighted by Crippen LogP contribution is 2.16. The molecule has 0 aromatic rings. The van der Waals surface area contributed by atoms with Crippen LogP contribution in [0.5, 0.6) is 0 Å². The first kappa shape index (κ1) is 53.3. The fraction of sp³-hybridized carbons (Fsp3) is 0.569. The summed E-state index contributed by atoms with van der Waals surface area (Å²) in [5, 5.41) is 23.6. The fourth-order valence-electron chi connectivity index (χ4n) is 5.95. The standard InChI is InChI=1S/C51H81NO5/c1-4-7-10-13-16-19-22-24-25-27-28-30-33-36-39-42-47(57-51(56)44-41-38-35-32-29-26-23-20-17-14-11-8-5-2)45-50(55)52-48(46-53)49(54)43-40-37-34-31-21-18-15-12-9-6-3/h7-8,10-11,13-14,16-17,19-20,22-30,33,47-49,53-54H,4-6,9,12,15,18,21,31-32,34-46H2,1-3H3,(H,52,55)/b10-7-,11-8+,16-13+,17-14+,22-19+,23-20-,25-24-,28-27+,29-26-,33-30+. The van der Waals surface area contributed by atoms with Gasteiger partial charge in [0.25, 0.3) is 0 Å². The third-order valence-electron chi connectivity index (χ3n) is 9.29. The van der Waals surface area contributed by atoms with E-state index in [4.69, 9.17) is 4.74 Å². The highest BCUT2D eigenvalue weighted by molar-refractivity contribution is 5.77. The van der Waals surface area contributed by atoms with Crippen molar-refractivity contribution in [2.75, 3.05) is 6.61 Å². The number of hydrogen-bond donors (Lipinski definition) is 3. The van der Waals surface area contributed by atoms with E-state index in [1.54, 1.807) is 0 Å². The highest BCUT2D eigenvalue weighted by Gasteiger charge is 2.23. The second-order valence-electron chi connectivity index (χ2n) is 14.6. The van der Waals surface area contributed by atoms with E-state index in [0.717, 1.165) is 70.6 Å². The van der Waals surface area contributed by atoms with E-state index in [0.29, 0.717) is 19.3 Å². The first-order chi connectivity index (χ1) is 28.0. The molecule has 3 atom stereocenters. The normalized spacial score (nSPS) is 14.5. The molecule has 57 heavy (non-hydrogen) atoms. The summed E-state index contributed by atoms with van der Waals surface area (Å²) in [6.45, 7) is 6.12. The SMILES string of the molecule is CC\C=C/C=C/C=C/C=C\C=C\C=C\CCCC(CC(=O)NC(CO)C(O)CCCCCCCCCCCC)OC(=O)CCCCC\C=C/C=C\C=C\C=C\CC. The van der Waals surface area contributed by atoms with Gasteiger partial charge in [-0.1, -0.05) is 213 Å². The van der Waals surface area contributed by atoms with E-state index in [9.17, 15) is 19.8 Å². The number of unbranched alkanes of at least 4 members (excludes halogenated alkanes) is 13. The molecule has 0 radical (unpaired) electrons. The lowest BCUT2D eigenvalue weighted by Crippen LogP contribution is -2.46. The summed E-state index contributed by atoms with van der Waals surface area (Å²) in [4.78, 5) is 26.0. The molecule has 0 bridgehead atoms. The van der Waals surface area contributed by atoms with Crippen molar-refractivity contribution in [3.63, 3.8) is 0 Å². The van der Waals surface area contributed by atoms with Crippen LogP contribution in [0.2, 0.25) is 0 Å². The van der Waals surface area contributed by atoms with Gasteiger partial charge in [0.15, 0.2) is 0 Å². The Morgan fingerprint density at radius 3 is 1.46 bits per heavy atom. The van der Waals surface area contributed by atoms with E-state index >= 15 is 0 Å². The number of rotatable bonds is 37. The summed E-state index contributed by atoms with van der Waals surface area (Å²) < 4.78 is 5.84. The van der Waals surface area contributed by atoms with Gasteiger partial charge >= 0.3 is 5.97 Å². The smallest absolute Gasteiger partial charge is 0.306 e. The van der Waals surface area contributed by atoms with Crippen LogP contribution in [-0.2, 0) is 14.3 Å². The Balaban J connectivity index is 4.89. The van der Waals surface area contributed by atoms with Crippen molar-refractivity contribution < 1.29 is 24.5 Å². The number of amides is 1. The zero-order valence-corrected chi connectivity index (χ0v) is 36.2. The summed E-state index contributed by atoms with van der Waals surface area (Å²) in [6.07, 6.45) is 59.7. The van der Waals surface area contributed by atoms with Gasteiger partial charge in [0, 0.05) is 6.42 Å². The van der Waals surface area contributed by atoms with Crippen molar-refractivity contribution in [1.82, 2.24) is 5.32 Å². The number of aliphatic hydroxyl groups is 2. The van der Waals surface area contributed by atoms with Gasteiger partial charge in [-0.05, 0) is 57.8 Å². The quantitative estimate of drug-likeness (QED) is 0.0331. The Bertz CT molecular complexity index is 1250. The third-order valence-corrected chi connectivity index (χ3v) is 9.29. The Hall–Kier alpha value is -3.74. The van der Waals surface area contributed by atoms with Crippen LogP contribution in [0, 0.1) is 0 Å². The number of ether oxygens (including phenoxy) is 1. The second-order valence-corrected chi connectivity index (χ2v) is 14.6. The molecule has 3 unspecified atom stereocenters. The van der Waals surface area contributed by atoms with Gasteiger partial charge in [-0.15, -0.1) is 0 Å². The summed E-state index contributed by atoms with van der Waals surface area (Å²) in [7, 11) is 0. The molecule has 0 spiro atoms. The number of esters is 1. The van der Waals surface area contributed by atoms with Crippen LogP contribution in [0.15, 0.2) is 122 Å². The molecule has 0 aromatic carbocycles. The topological polar surface area (TPSA) is 95.9 Å². The molecule has 0 heterocycles. The van der Waals surface area contributed by atoms with Gasteiger partial charge < -0.3 is 20.3 Å². The lowest BCUT2D eigenvalue weighted by atomic mass is 10.0. The number of allylic oxidation sites excluding steroid dienone is 20. The van der Waals surface area contributed by atoms with Crippen molar-refractivity contribution in [2.24, 2.45) is 0 Å². The minimum atomic E-state index is -0.821. The lowest BCUT2D eigenvalue weighted by molar-refractivity contribution is -0.151. The Morgan fingerprint density at radius 1 is 0.526 bits per heavy atom. The minimum Gasteiger partial charge on any atom is -0.462 e. The molecule has 0 saturated heterocycles. The number of hydrogen-bond acceptors (Lipinski definition) is 5. The number of carbonyl (C=O) groups excluding carboxylic acids is 2. The van der Waals surface area contributed by atoms with E-state index in [2.05, 4.69) is 50.4 Å². The average Bonchev–Trinajstić information content (AvgIpc) is 3.20. The molecule has 3 N–H and O–H groups in total. The predicted molar refractivity (Wildman–Crippen MR) is 245 cm³/mol. The summed E-state index contributed by atoms with van der Waals surface area (Å²) >= 11 is 0. The molecule has 0 rings (SSSR count). The summed E-state index contributed by atoms with van der Waals surface area (Å²) in [6, 6.07) is -0.741. The van der Waals surface area contributed by atoms with Crippen LogP contribution >= 0.6 is 0 Å². The van der Waals surface area contributed by atoms with Gasteiger partial charge in [0.05, 0.1) is 25.2 Å². The van der Waals surface area contributed by atoms with Crippen molar-refractivity contribution in [1.29, 1.82) is 0 Å². The molecule has 0 aromatic heterocycles. The van der Waals surface area contributed by atoms with Gasteiger partial charge in [0.1, 0.15) is 6.10 Å². The molecule has 0 aliphatic heterocycles. The molecule has 0 saturated carbocycles. The van der Waals surface area contributed by atoms with Crippen molar-refractivity contribution >= 4 is 11.9 Å². The second kappa shape index (κ2) is 43.4. The van der Waals surface area contributed by atoms with Crippen LogP contribution in [0.25, 0.3) is 0 Å². The van der Waals surface area contributed by atoms with E-state index in [1.807, 2.05) is 97.2 Å². The maximum Gasteiger partial charge on any atom is 0.306 e. The lowest BCUT2D eigenvalue weighted by Gasteiger charge is -2.24. The molecule has 320 valence electrons. The Morgan fingerprint density at radius 2 is 0.965 bits per heavy atom. The van der Waals surface area contributed by atoms with Gasteiger partial charge in [-0.3, -0.25) is 9.59 Å². The van der Waals surface area contributed by atoms with Crippen LogP contribution in [0.4, 0.5) is 0 Å². The van der Waals surface area contributed by atoms with E-state index in [-0.39, 0.29) is 24.9 Å². The molecule has 0 aliphatic carbocycles. The zero-order chi connectivity index (χ0) is 41.7. The average molecular weight is 788 g/mol. The molecule has 6 heteroatoms. The van der Waals surface area contributed by atoms with Crippen molar-refractivity contribution in [3.8, 4) is 0 Å². The van der Waals surface area contributed by atoms with Crippen LogP contribution in [-0.4, -0.2) is 46.9 Å². The maximum atomic E-state index is 13.1. The highest BCUT2D eigenvalue weighted by atomic mass is 16.5. The van der Waals surface area contributed by atoms with Crippen LogP contribution in [0.3, 0.4) is 0 Å². The van der Waals surface area contributed by atoms with Crippen LogP contribution < -0.4 is 5.32 Å². The largest absolute Gasteiger partial charge is 0.462 e. The predicted octanol–water partition coefficient (Wildman–Crippen LogP) is 12.9. The molecular weight excluding hydrogens is 707 g/mol. The van der Waals surface area contributed by atoms with Gasteiger partial charge in [0.2, 0.25) is 5.91 Å².